The van der Waals surface area contributed by atoms with Crippen LogP contribution in [-0.2, 0) is 24.2 Å². The third kappa shape index (κ3) is 5.81. The van der Waals surface area contributed by atoms with Crippen molar-refractivity contribution in [3.63, 3.8) is 0 Å². The molecule has 1 aromatic carbocycles. The van der Waals surface area contributed by atoms with E-state index in [2.05, 4.69) is 33.5 Å². The molecule has 0 unspecified atom stereocenters. The van der Waals surface area contributed by atoms with Crippen LogP contribution in [0, 0.1) is 11.3 Å². The average Bonchev–Trinajstić information content (AvgIpc) is 3.43. The normalized spacial score (nSPS) is 13.4. The highest BCUT2D eigenvalue weighted by molar-refractivity contribution is 7.99. The van der Waals surface area contributed by atoms with Gasteiger partial charge in [0.1, 0.15) is 11.1 Å². The largest absolute Gasteiger partial charge is 0.342 e. The van der Waals surface area contributed by atoms with E-state index in [-0.39, 0.29) is 17.6 Å². The number of thioether (sulfide) groups is 1. The van der Waals surface area contributed by atoms with Gasteiger partial charge in [-0.25, -0.2) is 0 Å². The number of hydrogen-bond donors (Lipinski definition) is 2. The number of thiophene rings is 1. The van der Waals surface area contributed by atoms with Crippen LogP contribution in [0.2, 0.25) is 5.02 Å². The Morgan fingerprint density at radius 3 is 2.78 bits per heavy atom. The molecule has 4 rings (SSSR count). The molecule has 0 spiro atoms. The van der Waals surface area contributed by atoms with Gasteiger partial charge in [0.05, 0.1) is 17.4 Å². The molecule has 1 aliphatic carbocycles. The lowest BCUT2D eigenvalue weighted by Gasteiger charge is -2.15. The molecule has 1 atom stereocenters. The molecule has 0 bridgehead atoms. The minimum absolute atomic E-state index is 0.105. The standard InChI is InChI=1S/C25H25ClN6O2S2/c1-3-12-32-22(15(2)28-23(34)16-8-10-17(26)11-9-16)30-31-25(32)35-14-21(33)29-24-19(13-27)18-6-4-5-7-20(18)36-24/h3,8-11,15H,1,4-7,12,14H2,2H3,(H,28,34)(H,29,33)/t15-/m1/s1. The SMILES string of the molecule is C=CCn1c(SCC(=O)Nc2sc3c(c2C#N)CCCC3)nnc1[C@@H](C)NC(=O)c1ccc(Cl)cc1. The topological polar surface area (TPSA) is 113 Å². The van der Waals surface area contributed by atoms with Gasteiger partial charge in [-0.3, -0.25) is 9.59 Å². The number of benzene rings is 1. The van der Waals surface area contributed by atoms with Crippen molar-refractivity contribution in [1.82, 2.24) is 20.1 Å². The molecule has 11 heteroatoms. The maximum Gasteiger partial charge on any atom is 0.251 e. The van der Waals surface area contributed by atoms with Gasteiger partial charge in [-0.2, -0.15) is 5.26 Å². The van der Waals surface area contributed by atoms with E-state index in [4.69, 9.17) is 11.6 Å². The molecule has 0 aliphatic heterocycles. The number of hydrogen-bond acceptors (Lipinski definition) is 7. The van der Waals surface area contributed by atoms with E-state index in [0.717, 1.165) is 31.2 Å². The van der Waals surface area contributed by atoms with Gasteiger partial charge in [0.2, 0.25) is 5.91 Å². The molecule has 186 valence electrons. The predicted octanol–water partition coefficient (Wildman–Crippen LogP) is 5.15. The van der Waals surface area contributed by atoms with Crippen LogP contribution in [-0.4, -0.2) is 32.3 Å². The van der Waals surface area contributed by atoms with Crippen LogP contribution < -0.4 is 10.6 Å². The van der Waals surface area contributed by atoms with Crippen LogP contribution in [0.4, 0.5) is 5.00 Å². The summed E-state index contributed by atoms with van der Waals surface area (Å²) < 4.78 is 1.82. The first-order valence-electron chi connectivity index (χ1n) is 11.5. The molecule has 2 aromatic heterocycles. The zero-order chi connectivity index (χ0) is 25.7. The summed E-state index contributed by atoms with van der Waals surface area (Å²) in [5.41, 5.74) is 2.16. The Balaban J connectivity index is 1.42. The van der Waals surface area contributed by atoms with Crippen molar-refractivity contribution in [2.24, 2.45) is 0 Å². The van der Waals surface area contributed by atoms with Crippen LogP contribution >= 0.6 is 34.7 Å². The maximum absolute atomic E-state index is 12.7. The van der Waals surface area contributed by atoms with Crippen molar-refractivity contribution in [3.8, 4) is 6.07 Å². The molecule has 0 radical (unpaired) electrons. The molecular weight excluding hydrogens is 516 g/mol. The number of aromatic nitrogens is 3. The van der Waals surface area contributed by atoms with Gasteiger partial charge < -0.3 is 15.2 Å². The summed E-state index contributed by atoms with van der Waals surface area (Å²) in [7, 11) is 0. The second kappa shape index (κ2) is 11.7. The summed E-state index contributed by atoms with van der Waals surface area (Å²) in [5, 5.41) is 25.7. The van der Waals surface area contributed by atoms with E-state index in [1.165, 1.54) is 28.0 Å². The monoisotopic (exact) mass is 540 g/mol. The van der Waals surface area contributed by atoms with Crippen molar-refractivity contribution in [2.45, 2.75) is 50.4 Å². The first kappa shape index (κ1) is 25.9. The Hall–Kier alpha value is -3.13. The Morgan fingerprint density at radius 2 is 2.06 bits per heavy atom. The third-order valence-electron chi connectivity index (χ3n) is 5.77. The predicted molar refractivity (Wildman–Crippen MR) is 143 cm³/mol. The summed E-state index contributed by atoms with van der Waals surface area (Å²) in [6, 6.07) is 8.46. The zero-order valence-corrected chi connectivity index (χ0v) is 22.1. The number of anilines is 1. The number of carbonyl (C=O) groups is 2. The van der Waals surface area contributed by atoms with E-state index in [0.29, 0.717) is 38.7 Å². The first-order chi connectivity index (χ1) is 17.4. The van der Waals surface area contributed by atoms with Crippen molar-refractivity contribution in [2.75, 3.05) is 11.1 Å². The molecule has 3 aromatic rings. The van der Waals surface area contributed by atoms with Gasteiger partial charge in [0.15, 0.2) is 11.0 Å². The molecule has 1 aliphatic rings. The van der Waals surface area contributed by atoms with E-state index < -0.39 is 6.04 Å². The minimum Gasteiger partial charge on any atom is -0.342 e. The van der Waals surface area contributed by atoms with Gasteiger partial charge in [-0.05, 0) is 62.4 Å². The maximum atomic E-state index is 12.7. The van der Waals surface area contributed by atoms with Crippen molar-refractivity contribution < 1.29 is 9.59 Å². The first-order valence-corrected chi connectivity index (χ1v) is 13.7. The summed E-state index contributed by atoms with van der Waals surface area (Å²) in [5.74, 6) is 0.188. The van der Waals surface area contributed by atoms with E-state index in [1.54, 1.807) is 30.3 Å². The number of halogens is 1. The van der Waals surface area contributed by atoms with Crippen molar-refractivity contribution >= 4 is 51.5 Å². The third-order valence-corrected chi connectivity index (χ3v) is 8.19. The van der Waals surface area contributed by atoms with Crippen molar-refractivity contribution in [3.05, 3.63) is 69.3 Å². The fraction of sp³-hybridized carbons (Fsp3) is 0.320. The smallest absolute Gasteiger partial charge is 0.251 e. The lowest BCUT2D eigenvalue weighted by atomic mass is 9.96. The Kier molecular flexibility index (Phi) is 8.46. The summed E-state index contributed by atoms with van der Waals surface area (Å²) >= 11 is 8.65. The van der Waals surface area contributed by atoms with Gasteiger partial charge in [-0.15, -0.1) is 28.1 Å². The van der Waals surface area contributed by atoms with Gasteiger partial charge >= 0.3 is 0 Å². The number of nitrogens with one attached hydrogen (secondary N) is 2. The molecule has 0 saturated heterocycles. The van der Waals surface area contributed by atoms with E-state index in [9.17, 15) is 14.9 Å². The number of aryl methyl sites for hydroxylation is 1. The molecule has 2 N–H and O–H groups in total. The Labute approximate surface area is 222 Å². The van der Waals surface area contributed by atoms with Crippen LogP contribution in [0.15, 0.2) is 42.1 Å². The van der Waals surface area contributed by atoms with Gasteiger partial charge in [-0.1, -0.05) is 29.4 Å². The van der Waals surface area contributed by atoms with Crippen LogP contribution in [0.25, 0.3) is 0 Å². The second-order valence-electron chi connectivity index (χ2n) is 8.31. The number of fused-ring (bicyclic) bond motifs is 1. The Bertz CT molecular complexity index is 1330. The number of allylic oxidation sites excluding steroid dienone is 1. The van der Waals surface area contributed by atoms with E-state index >= 15 is 0 Å². The number of rotatable bonds is 9. The quantitative estimate of drug-likeness (QED) is 0.286. The molecule has 36 heavy (non-hydrogen) atoms. The summed E-state index contributed by atoms with van der Waals surface area (Å²) in [6.07, 6.45) is 5.74. The highest BCUT2D eigenvalue weighted by Gasteiger charge is 2.23. The molecule has 0 saturated carbocycles. The lowest BCUT2D eigenvalue weighted by Crippen LogP contribution is -2.28. The lowest BCUT2D eigenvalue weighted by molar-refractivity contribution is -0.113. The van der Waals surface area contributed by atoms with Crippen LogP contribution in [0.1, 0.15) is 58.0 Å². The van der Waals surface area contributed by atoms with E-state index in [1.807, 2.05) is 11.5 Å². The van der Waals surface area contributed by atoms with Gasteiger partial charge in [0.25, 0.3) is 5.91 Å². The zero-order valence-electron chi connectivity index (χ0n) is 19.7. The number of nitriles is 1. The number of carbonyl (C=O) groups excluding carboxylic acids is 2. The molecule has 8 nitrogen and oxygen atoms in total. The molecule has 2 heterocycles. The summed E-state index contributed by atoms with van der Waals surface area (Å²) in [6.45, 7) is 6.04. The van der Waals surface area contributed by atoms with Crippen molar-refractivity contribution in [1.29, 1.82) is 5.26 Å². The molecule has 0 fully saturated rings. The average molecular weight is 541 g/mol. The highest BCUT2D eigenvalue weighted by atomic mass is 35.5. The minimum atomic E-state index is -0.431. The fourth-order valence-corrected chi connectivity index (χ4v) is 6.18. The second-order valence-corrected chi connectivity index (χ2v) is 10.8. The fourth-order valence-electron chi connectivity index (χ4n) is 4.04. The molecule has 2 amide bonds. The van der Waals surface area contributed by atoms with Crippen LogP contribution in [0.3, 0.4) is 0 Å². The van der Waals surface area contributed by atoms with Gasteiger partial charge in [0, 0.05) is 22.0 Å². The number of nitrogens with zero attached hydrogens (tertiary/aromatic N) is 4. The Morgan fingerprint density at radius 1 is 1.31 bits per heavy atom. The van der Waals surface area contributed by atoms with Crippen LogP contribution in [0.5, 0.6) is 0 Å². The highest BCUT2D eigenvalue weighted by Crippen LogP contribution is 2.37. The number of amides is 2. The molecular formula is C25H25ClN6O2S2. The summed E-state index contributed by atoms with van der Waals surface area (Å²) in [4.78, 5) is 26.5.